The van der Waals surface area contributed by atoms with Crippen molar-refractivity contribution in [2.75, 3.05) is 22.1 Å². The van der Waals surface area contributed by atoms with Crippen LogP contribution < -0.4 is 15.5 Å². The van der Waals surface area contributed by atoms with E-state index >= 15 is 0 Å². The number of carbonyl (C=O) groups is 1. The van der Waals surface area contributed by atoms with Gasteiger partial charge in [-0.1, -0.05) is 49.4 Å². The van der Waals surface area contributed by atoms with Gasteiger partial charge in [0, 0.05) is 18.2 Å². The molecule has 36 heavy (non-hydrogen) atoms. The Morgan fingerprint density at radius 1 is 1.03 bits per heavy atom. The van der Waals surface area contributed by atoms with Gasteiger partial charge in [-0.2, -0.15) is 0 Å². The van der Waals surface area contributed by atoms with E-state index in [1.165, 1.54) is 18.6 Å². The summed E-state index contributed by atoms with van der Waals surface area (Å²) in [5, 5.41) is 19.9. The predicted molar refractivity (Wildman–Crippen MR) is 139 cm³/mol. The lowest BCUT2D eigenvalue weighted by Gasteiger charge is -2.38. The van der Waals surface area contributed by atoms with Gasteiger partial charge in [0.25, 0.3) is 0 Å². The van der Waals surface area contributed by atoms with Gasteiger partial charge in [-0.3, -0.25) is 0 Å². The highest BCUT2D eigenvalue weighted by atomic mass is 19.1. The number of aromatic amines is 1. The molecule has 0 radical (unpaired) electrons. The Balaban J connectivity index is 1.53. The number of halogens is 1. The number of tetrazole rings is 1. The van der Waals surface area contributed by atoms with E-state index < -0.39 is 11.8 Å². The zero-order valence-corrected chi connectivity index (χ0v) is 20.0. The summed E-state index contributed by atoms with van der Waals surface area (Å²) < 4.78 is 14.2. The standard InChI is InChI=1S/C27H28FN7O/c1-2-19-9-7-8-16-35(19)25-15-14-18(20-10-3-4-11-21(20)26-31-33-34-32-26)17-24(25)30-27(36)29-23-13-6-5-12-22(23)28/h3-6,10-15,17,19H,2,7-9,16H2,1H3,(H2,29,30,36)(H,31,32,33,34). The van der Waals surface area contributed by atoms with Crippen LogP contribution in [0.1, 0.15) is 32.6 Å². The van der Waals surface area contributed by atoms with Crippen LogP contribution in [0, 0.1) is 5.82 Å². The second-order valence-corrected chi connectivity index (χ2v) is 8.84. The maximum absolute atomic E-state index is 14.2. The number of hydrogen-bond donors (Lipinski definition) is 3. The van der Waals surface area contributed by atoms with Crippen molar-refractivity contribution in [3.05, 3.63) is 72.5 Å². The van der Waals surface area contributed by atoms with Crippen LogP contribution in [0.25, 0.3) is 22.5 Å². The average molecular weight is 486 g/mol. The molecular formula is C27H28FN7O. The molecule has 1 atom stereocenters. The molecule has 3 aromatic carbocycles. The number of piperidine rings is 1. The summed E-state index contributed by atoms with van der Waals surface area (Å²) in [6.45, 7) is 3.11. The Morgan fingerprint density at radius 2 is 1.81 bits per heavy atom. The average Bonchev–Trinajstić information content (AvgIpc) is 3.45. The van der Waals surface area contributed by atoms with Crippen LogP contribution in [-0.4, -0.2) is 39.2 Å². The fourth-order valence-electron chi connectivity index (χ4n) is 4.85. The number of nitrogens with zero attached hydrogens (tertiary/aromatic N) is 4. The van der Waals surface area contributed by atoms with E-state index in [1.807, 2.05) is 30.3 Å². The Labute approximate surface area is 208 Å². The van der Waals surface area contributed by atoms with Crippen LogP contribution in [0.15, 0.2) is 66.7 Å². The van der Waals surface area contributed by atoms with Crippen LogP contribution in [0.2, 0.25) is 0 Å². The molecule has 2 heterocycles. The second kappa shape index (κ2) is 10.6. The van der Waals surface area contributed by atoms with E-state index in [1.54, 1.807) is 12.1 Å². The van der Waals surface area contributed by atoms with Crippen molar-refractivity contribution in [3.8, 4) is 22.5 Å². The van der Waals surface area contributed by atoms with Gasteiger partial charge in [-0.05, 0) is 71.5 Å². The smallest absolute Gasteiger partial charge is 0.323 e. The number of nitrogens with one attached hydrogen (secondary N) is 3. The number of rotatable bonds is 6. The Morgan fingerprint density at radius 3 is 2.58 bits per heavy atom. The van der Waals surface area contributed by atoms with E-state index in [9.17, 15) is 9.18 Å². The number of aromatic nitrogens is 4. The van der Waals surface area contributed by atoms with E-state index in [4.69, 9.17) is 0 Å². The van der Waals surface area contributed by atoms with Crippen LogP contribution >= 0.6 is 0 Å². The molecule has 1 aliphatic rings. The van der Waals surface area contributed by atoms with Gasteiger partial charge in [-0.15, -0.1) is 5.10 Å². The zero-order valence-electron chi connectivity index (χ0n) is 20.0. The molecule has 1 saturated heterocycles. The van der Waals surface area contributed by atoms with Gasteiger partial charge in [0.2, 0.25) is 0 Å². The Bertz CT molecular complexity index is 1340. The summed E-state index contributed by atoms with van der Waals surface area (Å²) >= 11 is 0. The summed E-state index contributed by atoms with van der Waals surface area (Å²) in [6, 6.07) is 19.9. The monoisotopic (exact) mass is 485 g/mol. The molecule has 1 aliphatic heterocycles. The van der Waals surface area contributed by atoms with Gasteiger partial charge in [0.15, 0.2) is 5.82 Å². The van der Waals surface area contributed by atoms with Crippen molar-refractivity contribution in [3.63, 3.8) is 0 Å². The second-order valence-electron chi connectivity index (χ2n) is 8.84. The molecule has 1 fully saturated rings. The lowest BCUT2D eigenvalue weighted by atomic mass is 9.96. The maximum Gasteiger partial charge on any atom is 0.323 e. The van der Waals surface area contributed by atoms with Gasteiger partial charge in [-0.25, -0.2) is 14.3 Å². The molecule has 1 unspecified atom stereocenters. The number of carbonyl (C=O) groups excluding carboxylic acids is 1. The van der Waals surface area contributed by atoms with Crippen molar-refractivity contribution in [1.82, 2.24) is 20.6 Å². The molecule has 1 aromatic heterocycles. The SMILES string of the molecule is CCC1CCCCN1c1ccc(-c2ccccc2-c2nnn[nH]2)cc1NC(=O)Nc1ccccc1F. The third-order valence-corrected chi connectivity index (χ3v) is 6.61. The Kier molecular flexibility index (Phi) is 6.88. The van der Waals surface area contributed by atoms with Gasteiger partial charge in [0.1, 0.15) is 5.82 Å². The lowest BCUT2D eigenvalue weighted by Crippen LogP contribution is -2.39. The zero-order chi connectivity index (χ0) is 24.9. The molecule has 3 N–H and O–H groups in total. The minimum Gasteiger partial charge on any atom is -0.367 e. The van der Waals surface area contributed by atoms with Gasteiger partial charge >= 0.3 is 6.03 Å². The van der Waals surface area contributed by atoms with Crippen LogP contribution in [0.5, 0.6) is 0 Å². The normalized spacial score (nSPS) is 15.5. The summed E-state index contributed by atoms with van der Waals surface area (Å²) in [7, 11) is 0. The number of urea groups is 1. The van der Waals surface area contributed by atoms with E-state index in [2.05, 4.69) is 55.2 Å². The maximum atomic E-state index is 14.2. The molecule has 0 aliphatic carbocycles. The highest BCUT2D eigenvalue weighted by Crippen LogP contribution is 2.38. The largest absolute Gasteiger partial charge is 0.367 e. The first-order valence-corrected chi connectivity index (χ1v) is 12.2. The van der Waals surface area contributed by atoms with E-state index in [0.717, 1.165) is 48.2 Å². The van der Waals surface area contributed by atoms with Crippen molar-refractivity contribution in [2.24, 2.45) is 0 Å². The van der Waals surface area contributed by atoms with Crippen molar-refractivity contribution in [2.45, 2.75) is 38.6 Å². The van der Waals surface area contributed by atoms with Crippen molar-refractivity contribution < 1.29 is 9.18 Å². The number of amides is 2. The number of benzene rings is 3. The molecule has 4 aromatic rings. The van der Waals surface area contributed by atoms with Crippen LogP contribution in [-0.2, 0) is 0 Å². The molecular weight excluding hydrogens is 457 g/mol. The van der Waals surface area contributed by atoms with Crippen LogP contribution in [0.3, 0.4) is 0 Å². The van der Waals surface area contributed by atoms with Crippen LogP contribution in [0.4, 0.5) is 26.2 Å². The summed E-state index contributed by atoms with van der Waals surface area (Å²) in [5.41, 5.74) is 4.41. The van der Waals surface area contributed by atoms with Gasteiger partial charge < -0.3 is 15.5 Å². The molecule has 9 heteroatoms. The highest BCUT2D eigenvalue weighted by Gasteiger charge is 2.24. The molecule has 0 bridgehead atoms. The fourth-order valence-corrected chi connectivity index (χ4v) is 4.85. The summed E-state index contributed by atoms with van der Waals surface area (Å²) in [4.78, 5) is 15.4. The number of hydrogen-bond acceptors (Lipinski definition) is 5. The quantitative estimate of drug-likeness (QED) is 0.307. The lowest BCUT2D eigenvalue weighted by molar-refractivity contribution is 0.262. The summed E-state index contributed by atoms with van der Waals surface area (Å²) in [5.74, 6) is 0.0712. The first-order valence-electron chi connectivity index (χ1n) is 12.2. The Hall–Kier alpha value is -4.27. The molecule has 0 spiro atoms. The number of para-hydroxylation sites is 1. The van der Waals surface area contributed by atoms with Crippen molar-refractivity contribution >= 4 is 23.1 Å². The van der Waals surface area contributed by atoms with E-state index in [0.29, 0.717) is 17.6 Å². The minimum atomic E-state index is -0.503. The van der Waals surface area contributed by atoms with E-state index in [-0.39, 0.29) is 5.69 Å². The van der Waals surface area contributed by atoms with Gasteiger partial charge in [0.05, 0.1) is 17.1 Å². The summed E-state index contributed by atoms with van der Waals surface area (Å²) in [6.07, 6.45) is 4.42. The first kappa shape index (κ1) is 23.5. The number of anilines is 3. The minimum absolute atomic E-state index is 0.125. The molecule has 8 nitrogen and oxygen atoms in total. The third kappa shape index (κ3) is 4.91. The third-order valence-electron chi connectivity index (χ3n) is 6.61. The predicted octanol–water partition coefficient (Wildman–Crippen LogP) is 6.09. The molecule has 5 rings (SSSR count). The first-order chi connectivity index (χ1) is 17.6. The fraction of sp³-hybridized carbons (Fsp3) is 0.259. The molecule has 184 valence electrons. The highest BCUT2D eigenvalue weighted by molar-refractivity contribution is 6.02. The van der Waals surface area contributed by atoms with Crippen molar-refractivity contribution in [1.29, 1.82) is 0 Å². The number of H-pyrrole nitrogens is 1. The molecule has 2 amide bonds. The molecule has 0 saturated carbocycles. The topological polar surface area (TPSA) is 98.8 Å².